The first kappa shape index (κ1) is 24.1. The molecule has 0 spiro atoms. The molecule has 1 aromatic rings. The van der Waals surface area contributed by atoms with E-state index in [4.69, 9.17) is 15.6 Å². The summed E-state index contributed by atoms with van der Waals surface area (Å²) in [6.07, 6.45) is 16.8. The maximum atomic E-state index is 8.95. The maximum absolute atomic E-state index is 8.95. The Kier molecular flexibility index (Phi) is 7.24. The van der Waals surface area contributed by atoms with Crippen LogP contribution >= 0.6 is 0 Å². The minimum Gasteiger partial charge on any atom is -0.373 e. The van der Waals surface area contributed by atoms with E-state index in [1.165, 1.54) is 5.57 Å². The van der Waals surface area contributed by atoms with Crippen molar-refractivity contribution in [3.05, 3.63) is 29.9 Å². The van der Waals surface area contributed by atoms with Gasteiger partial charge in [0.2, 0.25) is 0 Å². The lowest BCUT2D eigenvalue weighted by Gasteiger charge is -2.42. The predicted octanol–water partition coefficient (Wildman–Crippen LogP) is 3.29. The van der Waals surface area contributed by atoms with Gasteiger partial charge in [0.05, 0.1) is 30.8 Å². The number of hydrogen-bond donors (Lipinski definition) is 3. The summed E-state index contributed by atoms with van der Waals surface area (Å²) >= 11 is 0. The highest BCUT2D eigenvalue weighted by atomic mass is 16.5. The molecule has 1 aromatic heterocycles. The van der Waals surface area contributed by atoms with Crippen molar-refractivity contribution in [3.63, 3.8) is 0 Å². The van der Waals surface area contributed by atoms with E-state index in [2.05, 4.69) is 56.1 Å². The van der Waals surface area contributed by atoms with Gasteiger partial charge in [-0.15, -0.1) is 10.2 Å². The van der Waals surface area contributed by atoms with Crippen molar-refractivity contribution in [2.24, 2.45) is 16.8 Å². The van der Waals surface area contributed by atoms with E-state index in [0.717, 1.165) is 57.4 Å². The summed E-state index contributed by atoms with van der Waals surface area (Å²) in [4.78, 5) is 7.08. The highest BCUT2D eigenvalue weighted by molar-refractivity contribution is 5.94. The molecule has 0 radical (unpaired) electrons. The van der Waals surface area contributed by atoms with Gasteiger partial charge in [0.25, 0.3) is 0 Å². The van der Waals surface area contributed by atoms with Crippen LogP contribution in [0.3, 0.4) is 0 Å². The van der Waals surface area contributed by atoms with Crippen molar-refractivity contribution in [1.29, 1.82) is 10.8 Å². The first-order valence-electron chi connectivity index (χ1n) is 13.0. The minimum absolute atomic E-state index is 0.102. The molecule has 9 nitrogen and oxygen atoms in total. The topological polar surface area (TPSA) is 115 Å². The molecule has 6 unspecified atom stereocenters. The summed E-state index contributed by atoms with van der Waals surface area (Å²) in [6, 6.07) is -0.102. The highest BCUT2D eigenvalue weighted by Crippen LogP contribution is 2.34. The van der Waals surface area contributed by atoms with Gasteiger partial charge in [-0.2, -0.15) is 0 Å². The van der Waals surface area contributed by atoms with Crippen LogP contribution in [-0.2, 0) is 11.2 Å². The van der Waals surface area contributed by atoms with Gasteiger partial charge in [0.15, 0.2) is 0 Å². The fraction of sp³-hybridized carbons (Fsp3) is 0.654. The van der Waals surface area contributed by atoms with Gasteiger partial charge in [0, 0.05) is 49.5 Å². The number of allylic oxidation sites excluding steroid dienone is 3. The number of aromatic nitrogens is 3. The first-order valence-corrected chi connectivity index (χ1v) is 13.0. The van der Waals surface area contributed by atoms with E-state index in [0.29, 0.717) is 17.8 Å². The van der Waals surface area contributed by atoms with Crippen LogP contribution in [0, 0.1) is 22.7 Å². The lowest BCUT2D eigenvalue weighted by molar-refractivity contribution is -0.0834. The summed E-state index contributed by atoms with van der Waals surface area (Å²) in [7, 11) is 0. The number of aryl methyl sites for hydroxylation is 1. The first-order chi connectivity index (χ1) is 16.9. The van der Waals surface area contributed by atoms with Crippen LogP contribution in [0.5, 0.6) is 0 Å². The fourth-order valence-electron chi connectivity index (χ4n) is 6.06. The summed E-state index contributed by atoms with van der Waals surface area (Å²) in [5, 5.41) is 29.1. The molecule has 35 heavy (non-hydrogen) atoms. The van der Waals surface area contributed by atoms with Crippen LogP contribution < -0.4 is 5.32 Å². The summed E-state index contributed by atoms with van der Waals surface area (Å²) in [5.41, 5.74) is 2.73. The zero-order valence-electron chi connectivity index (χ0n) is 20.9. The number of fused-ring (bicyclic) bond motifs is 1. The molecule has 0 aromatic carbocycles. The van der Waals surface area contributed by atoms with Crippen LogP contribution in [0.1, 0.15) is 58.2 Å². The largest absolute Gasteiger partial charge is 0.373 e. The Morgan fingerprint density at radius 2 is 2.03 bits per heavy atom. The molecule has 5 rings (SSSR count). The van der Waals surface area contributed by atoms with E-state index in [-0.39, 0.29) is 36.3 Å². The Bertz CT molecular complexity index is 1020. The average Bonchev–Trinajstić information content (AvgIpc) is 3.05. The number of aliphatic imine (C=N–C) groups is 1. The van der Waals surface area contributed by atoms with E-state index in [1.807, 2.05) is 6.08 Å². The lowest BCUT2D eigenvalue weighted by Crippen LogP contribution is -2.57. The molecule has 4 aliphatic rings. The third-order valence-corrected chi connectivity index (χ3v) is 7.69. The van der Waals surface area contributed by atoms with Gasteiger partial charge in [-0.3, -0.25) is 14.5 Å². The minimum atomic E-state index is -0.102. The molecule has 0 bridgehead atoms. The molecule has 9 heteroatoms. The highest BCUT2D eigenvalue weighted by Gasteiger charge is 2.33. The number of morpholine rings is 1. The lowest BCUT2D eigenvalue weighted by atomic mass is 9.83. The average molecular weight is 479 g/mol. The van der Waals surface area contributed by atoms with Crippen LogP contribution in [0.2, 0.25) is 0 Å². The van der Waals surface area contributed by atoms with Crippen LogP contribution in [-0.4, -0.2) is 74.9 Å². The third-order valence-electron chi connectivity index (χ3n) is 7.69. The molecule has 6 atom stereocenters. The monoisotopic (exact) mass is 478 g/mol. The van der Waals surface area contributed by atoms with Gasteiger partial charge in [0.1, 0.15) is 12.2 Å². The summed E-state index contributed by atoms with van der Waals surface area (Å²) in [6.45, 7) is 6.04. The van der Waals surface area contributed by atoms with Crippen molar-refractivity contribution in [2.75, 3.05) is 13.1 Å². The van der Waals surface area contributed by atoms with Crippen molar-refractivity contribution in [1.82, 2.24) is 25.0 Å². The molecule has 0 saturated carbocycles. The molecule has 1 fully saturated rings. The smallest absolute Gasteiger partial charge is 0.136 e. The molecular weight excluding hydrogens is 440 g/mol. The third kappa shape index (κ3) is 5.78. The van der Waals surface area contributed by atoms with Crippen LogP contribution in [0.15, 0.2) is 29.0 Å². The number of rotatable bonds is 5. The predicted molar refractivity (Wildman–Crippen MR) is 138 cm³/mol. The van der Waals surface area contributed by atoms with E-state index in [9.17, 15) is 0 Å². The Balaban J connectivity index is 1.24. The Hall–Kier alpha value is -2.65. The Morgan fingerprint density at radius 3 is 2.86 bits per heavy atom. The van der Waals surface area contributed by atoms with Gasteiger partial charge >= 0.3 is 0 Å². The standard InChI is InChI=1S/C26H38N8O/c1-17-12-33(13-18(2)35-17)26-11-24(29-15-30-26)23(28)10-19-8-20(6-7-22(27)9-19)21-4-3-5-25-32-31-16-34(25)14-21/h6-7,14-20,24,26-28H,3-5,8-13H2,1-2H3,(H,29,30). The van der Waals surface area contributed by atoms with E-state index in [1.54, 1.807) is 12.7 Å². The molecule has 1 saturated heterocycles. The second-order valence-corrected chi connectivity index (χ2v) is 10.7. The Labute approximate surface area is 207 Å². The van der Waals surface area contributed by atoms with Gasteiger partial charge in [-0.25, -0.2) is 0 Å². The molecular formula is C26H38N8O. The van der Waals surface area contributed by atoms with Gasteiger partial charge in [-0.1, -0.05) is 6.08 Å². The normalized spacial score (nSPS) is 33.9. The molecule has 0 amide bonds. The van der Waals surface area contributed by atoms with E-state index < -0.39 is 0 Å². The Morgan fingerprint density at radius 1 is 1.20 bits per heavy atom. The van der Waals surface area contributed by atoms with Gasteiger partial charge in [-0.05, 0) is 63.5 Å². The zero-order valence-corrected chi connectivity index (χ0v) is 20.9. The molecule has 1 aliphatic carbocycles. The summed E-state index contributed by atoms with van der Waals surface area (Å²) in [5.74, 6) is 1.57. The number of hydrogen-bond acceptors (Lipinski definition) is 8. The van der Waals surface area contributed by atoms with Crippen molar-refractivity contribution < 1.29 is 4.74 Å². The van der Waals surface area contributed by atoms with Crippen molar-refractivity contribution >= 4 is 24.0 Å². The van der Waals surface area contributed by atoms with Crippen LogP contribution in [0.4, 0.5) is 0 Å². The number of nitrogens with one attached hydrogen (secondary N) is 3. The number of nitrogens with zero attached hydrogens (tertiary/aromatic N) is 5. The second kappa shape index (κ2) is 10.5. The van der Waals surface area contributed by atoms with Crippen molar-refractivity contribution in [2.45, 2.75) is 83.2 Å². The molecule has 3 aliphatic heterocycles. The maximum Gasteiger partial charge on any atom is 0.136 e. The van der Waals surface area contributed by atoms with Crippen LogP contribution in [0.25, 0.3) is 6.20 Å². The van der Waals surface area contributed by atoms with Crippen molar-refractivity contribution in [3.8, 4) is 0 Å². The van der Waals surface area contributed by atoms with E-state index >= 15 is 0 Å². The summed E-state index contributed by atoms with van der Waals surface area (Å²) < 4.78 is 7.96. The number of ether oxygens (including phenoxy) is 1. The fourth-order valence-corrected chi connectivity index (χ4v) is 6.06. The molecule has 3 N–H and O–H groups in total. The SMILES string of the molecule is CC1CN(C2CC(C(=N)CC3CC(=N)C=CC(C4=Cn5cnnc5CCC4)C3)N=CN2)CC(C)O1. The van der Waals surface area contributed by atoms with Gasteiger partial charge < -0.3 is 20.9 Å². The quantitative estimate of drug-likeness (QED) is 0.562. The second-order valence-electron chi connectivity index (χ2n) is 10.7. The zero-order chi connectivity index (χ0) is 24.4. The molecule has 188 valence electrons. The molecule has 4 heterocycles.